The maximum atomic E-state index is 6.15. The normalized spacial score (nSPS) is 26.5. The first-order valence-corrected chi connectivity index (χ1v) is 8.37. The van der Waals surface area contributed by atoms with Crippen molar-refractivity contribution in [3.05, 3.63) is 23.2 Å². The molecule has 0 aliphatic heterocycles. The second-order valence-corrected chi connectivity index (χ2v) is 7.18. The molecule has 0 aromatic carbocycles. The van der Waals surface area contributed by atoms with Gasteiger partial charge in [-0.25, -0.2) is 0 Å². The third-order valence-electron chi connectivity index (χ3n) is 4.37. The van der Waals surface area contributed by atoms with Gasteiger partial charge in [-0.15, -0.1) is 0 Å². The van der Waals surface area contributed by atoms with Crippen LogP contribution in [0.25, 0.3) is 0 Å². The monoisotopic (exact) mass is 293 g/mol. The Bertz CT molecular complexity index is 428. The van der Waals surface area contributed by atoms with E-state index in [1.807, 2.05) is 6.92 Å². The van der Waals surface area contributed by atoms with E-state index in [-0.39, 0.29) is 0 Å². The van der Waals surface area contributed by atoms with Crippen LogP contribution >= 0.6 is 0 Å². The molecule has 0 radical (unpaired) electrons. The molecule has 3 heteroatoms. The van der Waals surface area contributed by atoms with E-state index in [1.165, 1.54) is 24.8 Å². The summed E-state index contributed by atoms with van der Waals surface area (Å²) < 4.78 is 12.0. The van der Waals surface area contributed by atoms with Crippen molar-refractivity contribution in [2.75, 3.05) is 0 Å². The van der Waals surface area contributed by atoms with Crippen molar-refractivity contribution in [2.24, 2.45) is 11.8 Å². The molecule has 1 fully saturated rings. The summed E-state index contributed by atoms with van der Waals surface area (Å²) in [5.74, 6) is 3.57. The number of hydrogen-bond donors (Lipinski definition) is 1. The molecule has 0 amide bonds. The van der Waals surface area contributed by atoms with Crippen LogP contribution in [0.1, 0.15) is 64.0 Å². The SMILES string of the molecule is Cc1oc(CNC(C)C)cc1COC1CC(C)CC(C)C1. The molecule has 2 rings (SSSR count). The van der Waals surface area contributed by atoms with E-state index in [1.54, 1.807) is 0 Å². The summed E-state index contributed by atoms with van der Waals surface area (Å²) in [6, 6.07) is 2.61. The maximum absolute atomic E-state index is 6.15. The highest BCUT2D eigenvalue weighted by molar-refractivity contribution is 5.20. The molecule has 1 aliphatic carbocycles. The van der Waals surface area contributed by atoms with Gasteiger partial charge in [-0.2, -0.15) is 0 Å². The Hall–Kier alpha value is -0.800. The zero-order valence-electron chi connectivity index (χ0n) is 14.2. The molecule has 1 saturated carbocycles. The number of ether oxygens (including phenoxy) is 1. The molecule has 0 saturated heterocycles. The Kier molecular flexibility index (Phi) is 5.88. The molecule has 3 nitrogen and oxygen atoms in total. The van der Waals surface area contributed by atoms with E-state index in [0.29, 0.717) is 18.8 Å². The van der Waals surface area contributed by atoms with E-state index in [2.05, 4.69) is 39.1 Å². The standard InChI is InChI=1S/C18H31NO2/c1-12(2)19-10-18-9-16(15(5)21-18)11-20-17-7-13(3)6-14(4)8-17/h9,12-14,17,19H,6-8,10-11H2,1-5H3. The zero-order chi connectivity index (χ0) is 15.4. The van der Waals surface area contributed by atoms with Crippen LogP contribution < -0.4 is 5.32 Å². The number of aryl methyl sites for hydroxylation is 1. The molecule has 1 aromatic rings. The van der Waals surface area contributed by atoms with Gasteiger partial charge in [0, 0.05) is 11.6 Å². The van der Waals surface area contributed by atoms with Crippen LogP contribution in [0.2, 0.25) is 0 Å². The first-order chi connectivity index (χ1) is 9.94. The molecule has 2 unspecified atom stereocenters. The van der Waals surface area contributed by atoms with Gasteiger partial charge in [-0.1, -0.05) is 27.7 Å². The van der Waals surface area contributed by atoms with Gasteiger partial charge < -0.3 is 14.5 Å². The Balaban J connectivity index is 1.85. The molecule has 1 aromatic heterocycles. The van der Waals surface area contributed by atoms with Crippen molar-refractivity contribution < 1.29 is 9.15 Å². The van der Waals surface area contributed by atoms with Gasteiger partial charge in [-0.05, 0) is 44.1 Å². The van der Waals surface area contributed by atoms with Crippen molar-refractivity contribution >= 4 is 0 Å². The van der Waals surface area contributed by atoms with Gasteiger partial charge in [-0.3, -0.25) is 0 Å². The van der Waals surface area contributed by atoms with Gasteiger partial charge in [0.05, 0.1) is 19.3 Å². The first kappa shape index (κ1) is 16.6. The van der Waals surface area contributed by atoms with Crippen LogP contribution in [-0.2, 0) is 17.9 Å². The molecule has 1 aliphatic rings. The van der Waals surface area contributed by atoms with E-state index < -0.39 is 0 Å². The predicted octanol–water partition coefficient (Wildman–Crippen LogP) is 4.43. The fourth-order valence-electron chi connectivity index (χ4n) is 3.34. The minimum absolute atomic E-state index is 0.412. The quantitative estimate of drug-likeness (QED) is 0.842. The molecule has 0 spiro atoms. The van der Waals surface area contributed by atoms with Gasteiger partial charge >= 0.3 is 0 Å². The lowest BCUT2D eigenvalue weighted by Gasteiger charge is -2.31. The largest absolute Gasteiger partial charge is 0.465 e. The number of furan rings is 1. The molecular formula is C18H31NO2. The molecule has 1 N–H and O–H groups in total. The Labute approximate surface area is 129 Å². The van der Waals surface area contributed by atoms with Crippen molar-refractivity contribution in [1.82, 2.24) is 5.32 Å². The molecule has 21 heavy (non-hydrogen) atoms. The van der Waals surface area contributed by atoms with Gasteiger partial charge in [0.15, 0.2) is 0 Å². The molecule has 120 valence electrons. The van der Waals surface area contributed by atoms with Crippen LogP contribution in [0.3, 0.4) is 0 Å². The van der Waals surface area contributed by atoms with Crippen LogP contribution in [0.15, 0.2) is 10.5 Å². The number of rotatable bonds is 6. The highest BCUT2D eigenvalue weighted by Gasteiger charge is 2.24. The lowest BCUT2D eigenvalue weighted by atomic mass is 9.82. The fourth-order valence-corrected chi connectivity index (χ4v) is 3.34. The van der Waals surface area contributed by atoms with Crippen molar-refractivity contribution in [2.45, 2.75) is 79.2 Å². The summed E-state index contributed by atoms with van der Waals surface area (Å²) in [6.45, 7) is 12.5. The summed E-state index contributed by atoms with van der Waals surface area (Å²) in [7, 11) is 0. The van der Waals surface area contributed by atoms with Crippen molar-refractivity contribution in [3.8, 4) is 0 Å². The molecule has 0 bridgehead atoms. The first-order valence-electron chi connectivity index (χ1n) is 8.37. The summed E-state index contributed by atoms with van der Waals surface area (Å²) in [4.78, 5) is 0. The fraction of sp³-hybridized carbons (Fsp3) is 0.778. The summed E-state index contributed by atoms with van der Waals surface area (Å²) >= 11 is 0. The van der Waals surface area contributed by atoms with Crippen LogP contribution in [0.5, 0.6) is 0 Å². The third-order valence-corrected chi connectivity index (χ3v) is 4.37. The second kappa shape index (κ2) is 7.46. The summed E-state index contributed by atoms with van der Waals surface area (Å²) in [5.41, 5.74) is 1.20. The molecular weight excluding hydrogens is 262 g/mol. The average molecular weight is 293 g/mol. The van der Waals surface area contributed by atoms with E-state index in [4.69, 9.17) is 9.15 Å². The van der Waals surface area contributed by atoms with Crippen LogP contribution in [0.4, 0.5) is 0 Å². The van der Waals surface area contributed by atoms with Crippen LogP contribution in [0, 0.1) is 18.8 Å². The number of hydrogen-bond acceptors (Lipinski definition) is 3. The smallest absolute Gasteiger partial charge is 0.118 e. The van der Waals surface area contributed by atoms with E-state index in [9.17, 15) is 0 Å². The lowest BCUT2D eigenvalue weighted by Crippen LogP contribution is -2.26. The second-order valence-electron chi connectivity index (χ2n) is 7.18. The van der Waals surface area contributed by atoms with Crippen LogP contribution in [-0.4, -0.2) is 12.1 Å². The third kappa shape index (κ3) is 5.15. The van der Waals surface area contributed by atoms with Crippen molar-refractivity contribution in [1.29, 1.82) is 0 Å². The van der Waals surface area contributed by atoms with E-state index >= 15 is 0 Å². The minimum Gasteiger partial charge on any atom is -0.465 e. The topological polar surface area (TPSA) is 34.4 Å². The summed E-state index contributed by atoms with van der Waals surface area (Å²) in [6.07, 6.45) is 4.15. The molecule has 2 atom stereocenters. The van der Waals surface area contributed by atoms with E-state index in [0.717, 1.165) is 29.9 Å². The van der Waals surface area contributed by atoms with Gasteiger partial charge in [0.1, 0.15) is 11.5 Å². The molecule has 1 heterocycles. The Morgan fingerprint density at radius 3 is 2.52 bits per heavy atom. The Morgan fingerprint density at radius 2 is 1.90 bits per heavy atom. The minimum atomic E-state index is 0.412. The van der Waals surface area contributed by atoms with Crippen molar-refractivity contribution in [3.63, 3.8) is 0 Å². The predicted molar refractivity (Wildman–Crippen MR) is 86.2 cm³/mol. The summed E-state index contributed by atoms with van der Waals surface area (Å²) in [5, 5.41) is 3.38. The lowest BCUT2D eigenvalue weighted by molar-refractivity contribution is -0.00954. The maximum Gasteiger partial charge on any atom is 0.118 e. The average Bonchev–Trinajstić information content (AvgIpc) is 2.73. The highest BCUT2D eigenvalue weighted by atomic mass is 16.5. The van der Waals surface area contributed by atoms with Gasteiger partial charge in [0.25, 0.3) is 0 Å². The zero-order valence-corrected chi connectivity index (χ0v) is 14.2. The number of nitrogens with one attached hydrogen (secondary N) is 1. The van der Waals surface area contributed by atoms with Gasteiger partial charge in [0.2, 0.25) is 0 Å². The highest BCUT2D eigenvalue weighted by Crippen LogP contribution is 2.31. The Morgan fingerprint density at radius 1 is 1.24 bits per heavy atom.